The van der Waals surface area contributed by atoms with Crippen LogP contribution in [0.25, 0.3) is 44.8 Å². The molecule has 1 aromatic heterocycles. The van der Waals surface area contributed by atoms with E-state index in [0.717, 1.165) is 23.5 Å². The van der Waals surface area contributed by atoms with Gasteiger partial charge in [-0.25, -0.2) is 0 Å². The van der Waals surface area contributed by atoms with E-state index in [0.29, 0.717) is 24.0 Å². The number of benzene rings is 5. The van der Waals surface area contributed by atoms with Gasteiger partial charge < -0.3 is 24.6 Å². The molecule has 0 unspecified atom stereocenters. The molecule has 1 radical (unpaired) electrons. The Morgan fingerprint density at radius 2 is 1.03 bits per heavy atom. The van der Waals surface area contributed by atoms with Crippen molar-refractivity contribution in [2.45, 2.75) is 39.5 Å². The van der Waals surface area contributed by atoms with E-state index in [2.05, 4.69) is 163 Å². The van der Waals surface area contributed by atoms with Crippen molar-refractivity contribution >= 4 is 11.4 Å². The van der Waals surface area contributed by atoms with Gasteiger partial charge in [0.05, 0.1) is 0 Å². The van der Waals surface area contributed by atoms with E-state index < -0.39 is 23.3 Å². The van der Waals surface area contributed by atoms with Crippen molar-refractivity contribution in [2.24, 2.45) is 0 Å². The number of hydrogen-bond acceptors (Lipinski definition) is 5. The Kier molecular flexibility index (Phi) is 13.4. The SMILES string of the molecule is CC(C)c1cc(-c2ccccc2)cc(C(C)C)c1-c1cc(N2C=CN(C)[CH-]2)[c-]c(N2C=CN(C)[CH-]2)c1.Fc1c[c-]c(-c2cccc(-c3[c-]cc(F)cc3F)n2)c(F)c1.[Ir]. The van der Waals surface area contributed by atoms with Gasteiger partial charge in [0.15, 0.2) is 0 Å². The van der Waals surface area contributed by atoms with Crippen molar-refractivity contribution in [3.05, 3.63) is 188 Å². The third-order valence-corrected chi connectivity index (χ3v) is 9.75. The predicted molar refractivity (Wildman–Crippen MR) is 224 cm³/mol. The van der Waals surface area contributed by atoms with Crippen molar-refractivity contribution in [1.29, 1.82) is 0 Å². The molecule has 0 saturated carbocycles. The Bertz CT molecular complexity index is 2350. The molecule has 6 aromatic rings. The minimum absolute atomic E-state index is 0. The fourth-order valence-corrected chi connectivity index (χ4v) is 6.87. The first kappa shape index (κ1) is 42.9. The molecule has 0 spiro atoms. The number of anilines is 2. The van der Waals surface area contributed by atoms with E-state index in [1.165, 1.54) is 51.6 Å². The Balaban J connectivity index is 0.000000218. The summed E-state index contributed by atoms with van der Waals surface area (Å²) in [6.45, 7) is 13.4. The van der Waals surface area contributed by atoms with Gasteiger partial charge in [-0.15, -0.1) is 59.4 Å². The summed E-state index contributed by atoms with van der Waals surface area (Å²) < 4.78 is 53.4. The Morgan fingerprint density at radius 1 is 0.559 bits per heavy atom. The van der Waals surface area contributed by atoms with Gasteiger partial charge in [-0.2, -0.15) is 13.3 Å². The van der Waals surface area contributed by atoms with Crippen LogP contribution in [0, 0.1) is 54.8 Å². The van der Waals surface area contributed by atoms with E-state index in [9.17, 15) is 17.6 Å². The van der Waals surface area contributed by atoms with E-state index in [1.807, 2.05) is 14.1 Å². The maximum Gasteiger partial charge on any atom is 0.0408 e. The summed E-state index contributed by atoms with van der Waals surface area (Å²) in [5.74, 6) is -2.40. The van der Waals surface area contributed by atoms with Crippen LogP contribution in [0.3, 0.4) is 0 Å². The van der Waals surface area contributed by atoms with Crippen LogP contribution < -0.4 is 9.80 Å². The Morgan fingerprint density at radius 3 is 1.44 bits per heavy atom. The van der Waals surface area contributed by atoms with Crippen molar-refractivity contribution in [3.8, 4) is 44.8 Å². The maximum absolute atomic E-state index is 13.8. The summed E-state index contributed by atoms with van der Waals surface area (Å²) in [6.07, 6.45) is 8.29. The first-order valence-electron chi connectivity index (χ1n) is 18.9. The number of nitrogens with zero attached hydrogens (tertiary/aromatic N) is 5. The van der Waals surface area contributed by atoms with Crippen LogP contribution in [0.5, 0.6) is 0 Å². The topological polar surface area (TPSA) is 25.9 Å². The second-order valence-electron chi connectivity index (χ2n) is 14.8. The van der Waals surface area contributed by atoms with Crippen molar-refractivity contribution in [3.63, 3.8) is 0 Å². The molecule has 10 heteroatoms. The van der Waals surface area contributed by atoms with Gasteiger partial charge in [0.2, 0.25) is 0 Å². The quantitative estimate of drug-likeness (QED) is 0.112. The molecule has 2 aliphatic heterocycles. The summed E-state index contributed by atoms with van der Waals surface area (Å²) in [5, 5.41) is 0. The maximum atomic E-state index is 13.8. The van der Waals surface area contributed by atoms with E-state index in [4.69, 9.17) is 0 Å². The van der Waals surface area contributed by atoms with Gasteiger partial charge in [-0.05, 0) is 89.9 Å². The zero-order valence-electron chi connectivity index (χ0n) is 33.4. The summed E-state index contributed by atoms with van der Waals surface area (Å²) in [4.78, 5) is 12.5. The van der Waals surface area contributed by atoms with Crippen LogP contribution in [-0.2, 0) is 20.1 Å². The van der Waals surface area contributed by atoms with Gasteiger partial charge in [0, 0.05) is 43.4 Å². The predicted octanol–water partition coefficient (Wildman–Crippen LogP) is 12.3. The van der Waals surface area contributed by atoms with Crippen molar-refractivity contribution in [2.75, 3.05) is 23.9 Å². The summed E-state index contributed by atoms with van der Waals surface area (Å²) in [6, 6.07) is 36.5. The van der Waals surface area contributed by atoms with Crippen LogP contribution >= 0.6 is 0 Å². The molecule has 0 aliphatic carbocycles. The Labute approximate surface area is 358 Å². The first-order valence-corrected chi connectivity index (χ1v) is 18.9. The monoisotopic (exact) mass is 969 g/mol. The molecule has 5 aromatic carbocycles. The first-order chi connectivity index (χ1) is 27.8. The Hall–Kier alpha value is -5.70. The van der Waals surface area contributed by atoms with Gasteiger partial charge in [0.25, 0.3) is 0 Å². The van der Waals surface area contributed by atoms with Crippen LogP contribution in [0.15, 0.2) is 122 Å². The van der Waals surface area contributed by atoms with Crippen LogP contribution in [0.2, 0.25) is 0 Å². The molecule has 3 heterocycles. The fourth-order valence-electron chi connectivity index (χ4n) is 6.87. The number of hydrogen-bond donors (Lipinski definition) is 0. The molecule has 0 fully saturated rings. The smallest absolute Gasteiger partial charge is 0.0408 e. The zero-order valence-corrected chi connectivity index (χ0v) is 35.8. The van der Waals surface area contributed by atoms with Crippen LogP contribution in [-0.4, -0.2) is 28.9 Å². The molecule has 0 atom stereocenters. The molecular weight excluding hydrogens is 927 g/mol. The number of halogens is 4. The summed E-state index contributed by atoms with van der Waals surface area (Å²) in [5.41, 5.74) is 10.1. The molecule has 305 valence electrons. The molecule has 5 nitrogen and oxygen atoms in total. The van der Waals surface area contributed by atoms with Gasteiger partial charge in [-0.3, -0.25) is 17.6 Å². The summed E-state index contributed by atoms with van der Waals surface area (Å²) >= 11 is 0. The van der Waals surface area contributed by atoms with Crippen LogP contribution in [0.4, 0.5) is 28.9 Å². The second-order valence-corrected chi connectivity index (χ2v) is 14.8. The number of rotatable bonds is 8. The zero-order chi connectivity index (χ0) is 41.1. The van der Waals surface area contributed by atoms with Crippen molar-refractivity contribution in [1.82, 2.24) is 14.8 Å². The molecule has 0 amide bonds. The van der Waals surface area contributed by atoms with E-state index in [-0.39, 0.29) is 42.6 Å². The third kappa shape index (κ3) is 9.78. The van der Waals surface area contributed by atoms with Gasteiger partial charge >= 0.3 is 0 Å². The molecule has 8 rings (SSSR count). The molecule has 0 N–H and O–H groups in total. The molecular formula is C49H42F4IrN5-5. The molecule has 0 saturated heterocycles. The van der Waals surface area contributed by atoms with Crippen molar-refractivity contribution < 1.29 is 37.7 Å². The third-order valence-electron chi connectivity index (χ3n) is 9.75. The molecule has 2 aliphatic rings. The number of aromatic nitrogens is 1. The summed E-state index contributed by atoms with van der Waals surface area (Å²) in [7, 11) is 4.09. The fraction of sp³-hybridized carbons (Fsp3) is 0.163. The minimum Gasteiger partial charge on any atom is -0.510 e. The number of pyridine rings is 1. The minimum atomic E-state index is -0.826. The van der Waals surface area contributed by atoms with Gasteiger partial charge in [-0.1, -0.05) is 112 Å². The largest absolute Gasteiger partial charge is 0.510 e. The van der Waals surface area contributed by atoms with E-state index >= 15 is 0 Å². The second kappa shape index (κ2) is 18.5. The molecule has 59 heavy (non-hydrogen) atoms. The average molecular weight is 969 g/mol. The molecule has 0 bridgehead atoms. The standard InChI is InChI=1S/C32H35N4.C17H7F4N.Ir/c1-23(2)30-18-26(25-10-8-7-9-11-25)19-31(24(3)4)32(30)27-16-28(35-14-12-33(5)21-35)20-29(17-27)36-15-13-34(6)22-36;18-10-4-6-12(14(20)8-10)16-2-1-3-17(22-16)13-7-5-11(19)9-15(13)21;/h7-19,21-24H,1-6H3;1-5,8-9H;/q-3;-2;. The normalized spacial score (nSPS) is 13.4. The van der Waals surface area contributed by atoms with E-state index in [1.54, 1.807) is 0 Å². The van der Waals surface area contributed by atoms with Gasteiger partial charge in [0.1, 0.15) is 0 Å². The average Bonchev–Trinajstić information content (AvgIpc) is 3.86. The van der Waals surface area contributed by atoms with Crippen LogP contribution in [0.1, 0.15) is 50.7 Å².